The van der Waals surface area contributed by atoms with Crippen LogP contribution in [0.15, 0.2) is 148 Å². The van der Waals surface area contributed by atoms with E-state index in [1.807, 2.05) is 26.0 Å². The van der Waals surface area contributed by atoms with Gasteiger partial charge in [-0.2, -0.15) is 0 Å². The van der Waals surface area contributed by atoms with Crippen molar-refractivity contribution in [1.82, 2.24) is 9.13 Å². The van der Waals surface area contributed by atoms with Crippen molar-refractivity contribution < 1.29 is 8.83 Å². The fourth-order valence-corrected chi connectivity index (χ4v) is 8.83. The fourth-order valence-electron chi connectivity index (χ4n) is 8.83. The Morgan fingerprint density at radius 2 is 1.12 bits per heavy atom. The average Bonchev–Trinajstić information content (AvgIpc) is 3.95. The van der Waals surface area contributed by atoms with Crippen LogP contribution in [-0.4, -0.2) is 9.13 Å². The van der Waals surface area contributed by atoms with Gasteiger partial charge >= 0.3 is 0 Å². The summed E-state index contributed by atoms with van der Waals surface area (Å²) >= 11 is 0. The SMILES string of the molecule is C1=Cc2c(cccc2-n2c3ccccc3c3c4oc5c(ccc6c5c5ccccc5n6-c5ccc6oc7ccccc7c6c5)c4ccc32)CC1.CC. The highest BCUT2D eigenvalue weighted by Crippen LogP contribution is 2.45. The molecule has 0 N–H and O–H groups in total. The molecule has 0 unspecified atom stereocenters. The zero-order chi connectivity index (χ0) is 34.5. The van der Waals surface area contributed by atoms with Crippen molar-refractivity contribution in [2.24, 2.45) is 0 Å². The van der Waals surface area contributed by atoms with Crippen molar-refractivity contribution in [3.63, 3.8) is 0 Å². The van der Waals surface area contributed by atoms with Crippen LogP contribution in [0.4, 0.5) is 0 Å². The number of furan rings is 2. The quantitative estimate of drug-likeness (QED) is 0.183. The minimum absolute atomic E-state index is 0.894. The van der Waals surface area contributed by atoms with Crippen LogP contribution in [0.2, 0.25) is 0 Å². The number of para-hydroxylation sites is 3. The molecule has 11 aromatic rings. The van der Waals surface area contributed by atoms with Gasteiger partial charge in [-0.15, -0.1) is 0 Å². The third-order valence-corrected chi connectivity index (χ3v) is 11.0. The summed E-state index contributed by atoms with van der Waals surface area (Å²) in [6.45, 7) is 4.00. The summed E-state index contributed by atoms with van der Waals surface area (Å²) < 4.78 is 18.2. The van der Waals surface area contributed by atoms with Gasteiger partial charge in [0.1, 0.15) is 22.3 Å². The molecular weight excluding hydrogens is 637 g/mol. The van der Waals surface area contributed by atoms with Gasteiger partial charge < -0.3 is 18.0 Å². The maximum atomic E-state index is 7.17. The third kappa shape index (κ3) is 3.87. The van der Waals surface area contributed by atoms with Gasteiger partial charge in [0.25, 0.3) is 0 Å². The summed E-state index contributed by atoms with van der Waals surface area (Å²) in [7, 11) is 0. The van der Waals surface area contributed by atoms with Gasteiger partial charge in [-0.3, -0.25) is 0 Å². The monoisotopic (exact) mass is 670 g/mol. The molecule has 52 heavy (non-hydrogen) atoms. The molecule has 0 spiro atoms. The van der Waals surface area contributed by atoms with Crippen LogP contribution < -0.4 is 0 Å². The standard InChI is InChI=1S/C46H28N2O2.C2H6/c1-2-12-29-27(10-1)11-9-18-36(29)48-38-17-7-4-15-34(38)44-40(48)24-22-32-31-21-23-39-43(45(31)50-46(32)44)33-14-3-6-16-37(33)47(39)28-20-25-42-35(26-28)30-13-5-8-19-41(30)49-42;1-2/h2-9,11-26H,1,10H2;1-2H3. The second-order valence-electron chi connectivity index (χ2n) is 13.5. The van der Waals surface area contributed by atoms with Crippen LogP contribution >= 0.6 is 0 Å². The molecule has 4 heteroatoms. The molecule has 0 aliphatic heterocycles. The summed E-state index contributed by atoms with van der Waals surface area (Å²) in [4.78, 5) is 0. The second-order valence-corrected chi connectivity index (χ2v) is 13.5. The van der Waals surface area contributed by atoms with Crippen LogP contribution in [0.1, 0.15) is 31.4 Å². The van der Waals surface area contributed by atoms with Gasteiger partial charge in [0, 0.05) is 43.6 Å². The lowest BCUT2D eigenvalue weighted by molar-refractivity contribution is 0.669. The predicted octanol–water partition coefficient (Wildman–Crippen LogP) is 13.7. The van der Waals surface area contributed by atoms with Crippen molar-refractivity contribution in [2.75, 3.05) is 0 Å². The zero-order valence-corrected chi connectivity index (χ0v) is 29.0. The molecule has 4 aromatic heterocycles. The fraction of sp³-hybridized carbons (Fsp3) is 0.0833. The number of hydrogen-bond acceptors (Lipinski definition) is 2. The van der Waals surface area contributed by atoms with Crippen molar-refractivity contribution in [3.05, 3.63) is 151 Å². The molecule has 12 rings (SSSR count). The summed E-state index contributed by atoms with van der Waals surface area (Å²) in [6, 6.07) is 48.0. The van der Waals surface area contributed by atoms with Gasteiger partial charge in [-0.05, 0) is 85.1 Å². The Morgan fingerprint density at radius 1 is 0.481 bits per heavy atom. The summed E-state index contributed by atoms with van der Waals surface area (Å²) in [5, 5.41) is 9.16. The molecule has 0 fully saturated rings. The first-order valence-electron chi connectivity index (χ1n) is 18.3. The van der Waals surface area contributed by atoms with Crippen LogP contribution in [0.5, 0.6) is 0 Å². The first-order valence-corrected chi connectivity index (χ1v) is 18.3. The maximum absolute atomic E-state index is 7.17. The van der Waals surface area contributed by atoms with E-state index in [1.54, 1.807) is 0 Å². The first-order chi connectivity index (χ1) is 25.8. The highest BCUT2D eigenvalue weighted by molar-refractivity contribution is 6.29. The molecule has 0 radical (unpaired) electrons. The molecule has 4 heterocycles. The van der Waals surface area contributed by atoms with Crippen LogP contribution in [0.3, 0.4) is 0 Å². The van der Waals surface area contributed by atoms with E-state index < -0.39 is 0 Å². The number of hydrogen-bond donors (Lipinski definition) is 0. The van der Waals surface area contributed by atoms with Crippen molar-refractivity contribution in [2.45, 2.75) is 26.7 Å². The Morgan fingerprint density at radius 3 is 1.87 bits per heavy atom. The zero-order valence-electron chi connectivity index (χ0n) is 29.0. The van der Waals surface area contributed by atoms with E-state index in [0.29, 0.717) is 0 Å². The number of nitrogens with zero attached hydrogens (tertiary/aromatic N) is 2. The molecule has 248 valence electrons. The summed E-state index contributed by atoms with van der Waals surface area (Å²) in [5.74, 6) is 0. The van der Waals surface area contributed by atoms with E-state index in [1.165, 1.54) is 33.1 Å². The van der Waals surface area contributed by atoms with Gasteiger partial charge in [-0.25, -0.2) is 0 Å². The minimum Gasteiger partial charge on any atom is -0.456 e. The number of aromatic nitrogens is 2. The van der Waals surface area contributed by atoms with E-state index in [0.717, 1.165) is 89.7 Å². The highest BCUT2D eigenvalue weighted by Gasteiger charge is 2.23. The number of rotatable bonds is 2. The number of benzene rings is 7. The molecular formula is C48H34N2O2. The summed E-state index contributed by atoms with van der Waals surface area (Å²) in [5.41, 5.74) is 13.3. The number of aryl methyl sites for hydroxylation is 1. The molecule has 0 saturated heterocycles. The molecule has 1 aliphatic carbocycles. The number of allylic oxidation sites excluding steroid dienone is 1. The summed E-state index contributed by atoms with van der Waals surface area (Å²) in [6.07, 6.45) is 6.76. The normalized spacial score (nSPS) is 13.0. The molecule has 1 aliphatic rings. The average molecular weight is 671 g/mol. The van der Waals surface area contributed by atoms with Crippen molar-refractivity contribution in [3.8, 4) is 11.4 Å². The first kappa shape index (κ1) is 29.2. The topological polar surface area (TPSA) is 36.1 Å². The van der Waals surface area contributed by atoms with Crippen molar-refractivity contribution >= 4 is 93.6 Å². The lowest BCUT2D eigenvalue weighted by Crippen LogP contribution is -2.02. The molecule has 0 bridgehead atoms. The van der Waals surface area contributed by atoms with Crippen LogP contribution in [0, 0.1) is 0 Å². The maximum Gasteiger partial charge on any atom is 0.145 e. The van der Waals surface area contributed by atoms with Crippen molar-refractivity contribution in [1.29, 1.82) is 0 Å². The Bertz CT molecular complexity index is 3270. The van der Waals surface area contributed by atoms with E-state index >= 15 is 0 Å². The van der Waals surface area contributed by atoms with Gasteiger partial charge in [0.15, 0.2) is 0 Å². The molecule has 0 amide bonds. The van der Waals surface area contributed by atoms with E-state index in [9.17, 15) is 0 Å². The van der Waals surface area contributed by atoms with Gasteiger partial charge in [0.05, 0.1) is 38.5 Å². The highest BCUT2D eigenvalue weighted by atomic mass is 16.3. The molecule has 7 aromatic carbocycles. The van der Waals surface area contributed by atoms with Crippen LogP contribution in [-0.2, 0) is 6.42 Å². The van der Waals surface area contributed by atoms with Crippen LogP contribution in [0.25, 0.3) is 105 Å². The lowest BCUT2D eigenvalue weighted by atomic mass is 9.96. The van der Waals surface area contributed by atoms with Gasteiger partial charge in [-0.1, -0.05) is 92.7 Å². The molecule has 0 saturated carbocycles. The smallest absolute Gasteiger partial charge is 0.145 e. The predicted molar refractivity (Wildman–Crippen MR) is 218 cm³/mol. The van der Waals surface area contributed by atoms with E-state index in [4.69, 9.17) is 8.83 Å². The Kier molecular flexibility index (Phi) is 6.18. The largest absolute Gasteiger partial charge is 0.456 e. The molecule has 4 nitrogen and oxygen atoms in total. The Hall–Kier alpha value is -6.52. The third-order valence-electron chi connectivity index (χ3n) is 11.0. The Labute approximate surface area is 299 Å². The Balaban J connectivity index is 0.00000158. The van der Waals surface area contributed by atoms with E-state index in [2.05, 4.69) is 143 Å². The van der Waals surface area contributed by atoms with Gasteiger partial charge in [0.2, 0.25) is 0 Å². The molecule has 0 atom stereocenters. The number of fused-ring (bicyclic) bond motifs is 15. The lowest BCUT2D eigenvalue weighted by Gasteiger charge is -2.17. The van der Waals surface area contributed by atoms with E-state index in [-0.39, 0.29) is 0 Å². The second kappa shape index (κ2) is 11.0. The minimum atomic E-state index is 0.894.